The zero-order valence-electron chi connectivity index (χ0n) is 5.80. The van der Waals surface area contributed by atoms with Crippen molar-refractivity contribution in [2.45, 2.75) is 24.5 Å². The van der Waals surface area contributed by atoms with E-state index in [4.69, 9.17) is 0 Å². The van der Waals surface area contributed by atoms with Gasteiger partial charge in [0.15, 0.2) is 5.78 Å². The first-order valence-electron chi connectivity index (χ1n) is 3.73. The fourth-order valence-electron chi connectivity index (χ4n) is 1.60. The summed E-state index contributed by atoms with van der Waals surface area (Å²) in [5, 5.41) is 0.571. The van der Waals surface area contributed by atoms with Crippen LogP contribution in [0.4, 0.5) is 0 Å². The van der Waals surface area contributed by atoms with Crippen LogP contribution in [0, 0.1) is 0 Å². The summed E-state index contributed by atoms with van der Waals surface area (Å²) in [6.45, 7) is 0. The molecule has 2 aliphatic rings. The van der Waals surface area contributed by atoms with Crippen molar-refractivity contribution >= 4 is 17.5 Å². The Hall–Kier alpha value is -0.240. The molecule has 1 heterocycles. The van der Waals surface area contributed by atoms with Crippen molar-refractivity contribution in [3.63, 3.8) is 0 Å². The average Bonchev–Trinajstić information content (AvgIpc) is 2.36. The fraction of sp³-hybridized carbons (Fsp3) is 0.625. The molecule has 2 heteroatoms. The van der Waals surface area contributed by atoms with Gasteiger partial charge < -0.3 is 0 Å². The third-order valence-electron chi connectivity index (χ3n) is 2.14. The van der Waals surface area contributed by atoms with Gasteiger partial charge in [0, 0.05) is 23.0 Å². The van der Waals surface area contributed by atoms with Crippen LogP contribution in [0.5, 0.6) is 0 Å². The highest BCUT2D eigenvalue weighted by Crippen LogP contribution is 2.35. The fourth-order valence-corrected chi connectivity index (χ4v) is 2.85. The van der Waals surface area contributed by atoms with Crippen molar-refractivity contribution in [3.8, 4) is 0 Å². The molecule has 0 N–H and O–H groups in total. The molecule has 0 spiro atoms. The molecule has 1 nitrogen and oxygen atoms in total. The molecule has 1 aliphatic heterocycles. The lowest BCUT2D eigenvalue weighted by atomic mass is 9.93. The van der Waals surface area contributed by atoms with E-state index >= 15 is 0 Å². The van der Waals surface area contributed by atoms with Crippen LogP contribution in [0.1, 0.15) is 19.3 Å². The summed E-state index contributed by atoms with van der Waals surface area (Å²) in [6, 6.07) is 0. The number of hydrogen-bond donors (Lipinski definition) is 0. The van der Waals surface area contributed by atoms with Crippen LogP contribution in [-0.4, -0.2) is 16.8 Å². The molecule has 54 valence electrons. The largest absolute Gasteiger partial charge is 0.295 e. The van der Waals surface area contributed by atoms with Gasteiger partial charge in [-0.05, 0) is 12.8 Å². The molecule has 0 radical (unpaired) electrons. The van der Waals surface area contributed by atoms with Crippen molar-refractivity contribution in [2.75, 3.05) is 5.75 Å². The van der Waals surface area contributed by atoms with Gasteiger partial charge in [0.05, 0.1) is 0 Å². The molecule has 0 aromatic carbocycles. The van der Waals surface area contributed by atoms with Crippen molar-refractivity contribution in [1.82, 2.24) is 0 Å². The summed E-state index contributed by atoms with van der Waals surface area (Å²) < 4.78 is 0. The van der Waals surface area contributed by atoms with Gasteiger partial charge in [-0.2, -0.15) is 0 Å². The SMILES string of the molecule is O=C1CCCC2SCC=C12. The van der Waals surface area contributed by atoms with Crippen molar-refractivity contribution in [3.05, 3.63) is 11.6 Å². The monoisotopic (exact) mass is 154 g/mol. The second-order valence-corrected chi connectivity index (χ2v) is 4.03. The zero-order chi connectivity index (χ0) is 6.97. The number of Topliss-reactive ketones (excluding diaryl/α,β-unsaturated/α-hetero) is 1. The third kappa shape index (κ3) is 0.908. The number of thioether (sulfide) groups is 1. The maximum atomic E-state index is 11.2. The summed E-state index contributed by atoms with van der Waals surface area (Å²) in [5.74, 6) is 1.47. The van der Waals surface area contributed by atoms with Crippen LogP contribution in [0.25, 0.3) is 0 Å². The summed E-state index contributed by atoms with van der Waals surface area (Å²) in [5.41, 5.74) is 1.12. The van der Waals surface area contributed by atoms with E-state index in [1.54, 1.807) is 0 Å². The van der Waals surface area contributed by atoms with Gasteiger partial charge in [0.1, 0.15) is 0 Å². The second-order valence-electron chi connectivity index (χ2n) is 2.80. The van der Waals surface area contributed by atoms with E-state index in [0.29, 0.717) is 11.0 Å². The second kappa shape index (κ2) is 2.42. The molecule has 10 heavy (non-hydrogen) atoms. The molecule has 1 saturated carbocycles. The Morgan fingerprint density at radius 2 is 2.50 bits per heavy atom. The molecule has 0 saturated heterocycles. The van der Waals surface area contributed by atoms with Crippen molar-refractivity contribution in [1.29, 1.82) is 0 Å². The Labute approximate surface area is 64.9 Å². The molecular formula is C8H10OS. The minimum Gasteiger partial charge on any atom is -0.295 e. The summed E-state index contributed by atoms with van der Waals surface area (Å²) in [7, 11) is 0. The highest BCUT2D eigenvalue weighted by Gasteiger charge is 2.28. The Balaban J connectivity index is 2.22. The van der Waals surface area contributed by atoms with Gasteiger partial charge in [-0.25, -0.2) is 0 Å². The third-order valence-corrected chi connectivity index (χ3v) is 3.39. The first kappa shape index (κ1) is 6.47. The van der Waals surface area contributed by atoms with Crippen LogP contribution < -0.4 is 0 Å². The topological polar surface area (TPSA) is 17.1 Å². The maximum Gasteiger partial charge on any atom is 0.159 e. The quantitative estimate of drug-likeness (QED) is 0.529. The smallest absolute Gasteiger partial charge is 0.159 e. The standard InChI is InChI=1S/C8H10OS/c9-7-2-1-3-8-6(7)4-5-10-8/h4,8H,1-3,5H2. The van der Waals surface area contributed by atoms with Crippen LogP contribution >= 0.6 is 11.8 Å². The Morgan fingerprint density at radius 1 is 1.60 bits per heavy atom. The van der Waals surface area contributed by atoms with E-state index < -0.39 is 0 Å². The van der Waals surface area contributed by atoms with E-state index in [1.807, 2.05) is 11.8 Å². The average molecular weight is 154 g/mol. The molecule has 1 unspecified atom stereocenters. The normalized spacial score (nSPS) is 31.8. The molecule has 0 aromatic heterocycles. The van der Waals surface area contributed by atoms with Gasteiger partial charge >= 0.3 is 0 Å². The molecular weight excluding hydrogens is 144 g/mol. The lowest BCUT2D eigenvalue weighted by Gasteiger charge is -2.17. The number of carbonyl (C=O) groups excluding carboxylic acids is 1. The lowest BCUT2D eigenvalue weighted by molar-refractivity contribution is -0.116. The van der Waals surface area contributed by atoms with E-state index in [0.717, 1.165) is 24.2 Å². The lowest BCUT2D eigenvalue weighted by Crippen LogP contribution is -2.17. The molecule has 0 aromatic rings. The highest BCUT2D eigenvalue weighted by molar-refractivity contribution is 8.00. The maximum absolute atomic E-state index is 11.2. The Bertz CT molecular complexity index is 195. The number of fused-ring (bicyclic) bond motifs is 1. The molecule has 1 aliphatic carbocycles. The van der Waals surface area contributed by atoms with Gasteiger partial charge in [-0.1, -0.05) is 6.08 Å². The summed E-state index contributed by atoms with van der Waals surface area (Å²) in [4.78, 5) is 11.2. The van der Waals surface area contributed by atoms with Gasteiger partial charge in [0.2, 0.25) is 0 Å². The van der Waals surface area contributed by atoms with Crippen LogP contribution in [-0.2, 0) is 4.79 Å². The summed E-state index contributed by atoms with van der Waals surface area (Å²) in [6.07, 6.45) is 5.23. The van der Waals surface area contributed by atoms with E-state index in [2.05, 4.69) is 6.08 Å². The van der Waals surface area contributed by atoms with E-state index in [1.165, 1.54) is 6.42 Å². The minimum absolute atomic E-state index is 0.404. The summed E-state index contributed by atoms with van der Waals surface area (Å²) >= 11 is 1.92. The zero-order valence-corrected chi connectivity index (χ0v) is 6.62. The number of rotatable bonds is 0. The predicted molar refractivity (Wildman–Crippen MR) is 43.2 cm³/mol. The Morgan fingerprint density at radius 3 is 3.30 bits per heavy atom. The van der Waals surface area contributed by atoms with Crippen molar-refractivity contribution < 1.29 is 4.79 Å². The molecule has 1 atom stereocenters. The van der Waals surface area contributed by atoms with Gasteiger partial charge in [-0.3, -0.25) is 4.79 Å². The molecule has 2 rings (SSSR count). The van der Waals surface area contributed by atoms with Gasteiger partial charge in [0.25, 0.3) is 0 Å². The molecule has 1 fully saturated rings. The Kier molecular flexibility index (Phi) is 1.57. The van der Waals surface area contributed by atoms with Crippen molar-refractivity contribution in [2.24, 2.45) is 0 Å². The first-order valence-corrected chi connectivity index (χ1v) is 4.77. The number of hydrogen-bond acceptors (Lipinski definition) is 2. The molecule has 0 bridgehead atoms. The minimum atomic E-state index is 0.404. The van der Waals surface area contributed by atoms with E-state index in [9.17, 15) is 4.79 Å². The molecule has 0 amide bonds. The number of carbonyl (C=O) groups is 1. The predicted octanol–water partition coefficient (Wildman–Crippen LogP) is 1.78. The highest BCUT2D eigenvalue weighted by atomic mass is 32.2. The van der Waals surface area contributed by atoms with Crippen LogP contribution in [0.2, 0.25) is 0 Å². The van der Waals surface area contributed by atoms with Crippen LogP contribution in [0.3, 0.4) is 0 Å². The van der Waals surface area contributed by atoms with E-state index in [-0.39, 0.29) is 0 Å². The first-order chi connectivity index (χ1) is 4.88. The number of ketones is 1. The van der Waals surface area contributed by atoms with Crippen LogP contribution in [0.15, 0.2) is 11.6 Å². The van der Waals surface area contributed by atoms with Gasteiger partial charge in [-0.15, -0.1) is 11.8 Å².